The molecule has 1 heterocycles. The normalized spacial score (nSPS) is 15.6. The molecule has 3 N–H and O–H groups in total. The maximum atomic E-state index is 9.33. The van der Waals surface area contributed by atoms with Crippen LogP contribution >= 0.6 is 11.8 Å². The van der Waals surface area contributed by atoms with Gasteiger partial charge >= 0.3 is 0 Å². The molecule has 0 spiro atoms. The number of aliphatic hydroxyl groups is 1. The number of aliphatic hydroxyl groups excluding tert-OH is 1. The Labute approximate surface area is 144 Å². The lowest BCUT2D eigenvalue weighted by Crippen LogP contribution is -2.26. The summed E-state index contributed by atoms with van der Waals surface area (Å²) in [5.74, 6) is -0.0789. The average Bonchev–Trinajstić information content (AvgIpc) is 2.60. The van der Waals surface area contributed by atoms with Crippen molar-refractivity contribution in [3.63, 3.8) is 0 Å². The van der Waals surface area contributed by atoms with Crippen molar-refractivity contribution >= 4 is 11.8 Å². The van der Waals surface area contributed by atoms with Crippen LogP contribution in [0.25, 0.3) is 0 Å². The molecule has 5 nitrogen and oxygen atoms in total. The summed E-state index contributed by atoms with van der Waals surface area (Å²) in [4.78, 5) is 4.41. The first-order valence-electron chi connectivity index (χ1n) is 8.49. The number of hydrogen-bond acceptors (Lipinski definition) is 6. The lowest BCUT2D eigenvalue weighted by molar-refractivity contribution is 0.259. The third kappa shape index (κ3) is 4.70. The van der Waals surface area contributed by atoms with E-state index in [1.165, 1.54) is 24.0 Å². The Balaban J connectivity index is 2.34. The molecule has 1 aromatic carbocycles. The van der Waals surface area contributed by atoms with Crippen molar-refractivity contribution < 1.29 is 14.0 Å². The summed E-state index contributed by atoms with van der Waals surface area (Å²) in [7, 11) is -2.62. The summed E-state index contributed by atoms with van der Waals surface area (Å²) in [6.07, 6.45) is 1.77. The SMILES string of the molecule is [2H]C([2H])([2H])Oc1cc(S[C@H](C[C@H](N)CO)c2ccccc2)c(C#N)cn1. The molecule has 0 saturated carbocycles. The van der Waals surface area contributed by atoms with Crippen molar-refractivity contribution in [1.29, 1.82) is 5.26 Å². The molecule has 2 aromatic rings. The van der Waals surface area contributed by atoms with Crippen LogP contribution in [0.5, 0.6) is 5.88 Å². The van der Waals surface area contributed by atoms with Gasteiger partial charge in [-0.3, -0.25) is 0 Å². The van der Waals surface area contributed by atoms with Crippen molar-refractivity contribution in [1.82, 2.24) is 4.98 Å². The van der Waals surface area contributed by atoms with E-state index in [1.54, 1.807) is 0 Å². The van der Waals surface area contributed by atoms with E-state index in [-0.39, 0.29) is 17.7 Å². The first-order valence-corrected chi connectivity index (χ1v) is 7.87. The van der Waals surface area contributed by atoms with Crippen molar-refractivity contribution in [2.45, 2.75) is 22.6 Å². The summed E-state index contributed by atoms with van der Waals surface area (Å²) >= 11 is 1.36. The second-order valence-electron chi connectivity index (χ2n) is 4.93. The minimum Gasteiger partial charge on any atom is -0.481 e. The van der Waals surface area contributed by atoms with Gasteiger partial charge in [-0.2, -0.15) is 5.26 Å². The van der Waals surface area contributed by atoms with E-state index in [1.807, 2.05) is 36.4 Å². The topological polar surface area (TPSA) is 92.2 Å². The monoisotopic (exact) mass is 332 g/mol. The fourth-order valence-corrected chi connectivity index (χ4v) is 3.42. The van der Waals surface area contributed by atoms with Crippen LogP contribution in [0.4, 0.5) is 0 Å². The summed E-state index contributed by atoms with van der Waals surface area (Å²) in [5, 5.41) is 18.5. The molecule has 6 heteroatoms. The van der Waals surface area contributed by atoms with Gasteiger partial charge in [-0.05, 0) is 12.0 Å². The van der Waals surface area contributed by atoms with Crippen molar-refractivity contribution in [2.24, 2.45) is 5.73 Å². The van der Waals surface area contributed by atoms with E-state index in [0.717, 1.165) is 5.56 Å². The molecular weight excluding hydrogens is 310 g/mol. The standard InChI is InChI=1S/C17H19N3O2S/c1-22-17-8-16(13(9-18)10-20-17)23-15(7-14(19)11-21)12-5-3-2-4-6-12/h2-6,8,10,14-15,21H,7,11,19H2,1H3/t14-,15+/m0/s1/i1D3. The second-order valence-corrected chi connectivity index (χ2v) is 6.17. The number of nitriles is 1. The Morgan fingerprint density at radius 2 is 2.26 bits per heavy atom. The second kappa shape index (κ2) is 8.53. The largest absolute Gasteiger partial charge is 0.481 e. The van der Waals surface area contributed by atoms with Crippen LogP contribution in [0.2, 0.25) is 0 Å². The highest BCUT2D eigenvalue weighted by atomic mass is 32.2. The molecule has 0 fully saturated rings. The Bertz CT molecular complexity index is 766. The first kappa shape index (κ1) is 13.4. The predicted octanol–water partition coefficient (Wildman–Crippen LogP) is 2.50. The molecule has 120 valence electrons. The Kier molecular flexibility index (Phi) is 4.96. The molecule has 1 aromatic heterocycles. The van der Waals surface area contributed by atoms with Crippen LogP contribution in [-0.4, -0.2) is 29.8 Å². The van der Waals surface area contributed by atoms with Crippen LogP contribution in [-0.2, 0) is 0 Å². The number of ether oxygens (including phenoxy) is 1. The van der Waals surface area contributed by atoms with E-state index < -0.39 is 13.1 Å². The maximum absolute atomic E-state index is 9.33. The summed E-state index contributed by atoms with van der Waals surface area (Å²) in [6.45, 7) is -0.154. The molecule has 0 aliphatic rings. The smallest absolute Gasteiger partial charge is 0.214 e. The first-order chi connectivity index (χ1) is 12.3. The van der Waals surface area contributed by atoms with Gasteiger partial charge < -0.3 is 15.6 Å². The highest BCUT2D eigenvalue weighted by Crippen LogP contribution is 2.40. The third-order valence-corrected chi connectivity index (χ3v) is 4.60. The van der Waals surface area contributed by atoms with E-state index in [9.17, 15) is 10.4 Å². The zero-order chi connectivity index (χ0) is 19.2. The summed E-state index contributed by atoms with van der Waals surface area (Å²) < 4.78 is 26.4. The Morgan fingerprint density at radius 3 is 2.91 bits per heavy atom. The van der Waals surface area contributed by atoms with Crippen LogP contribution in [0.1, 0.15) is 26.9 Å². The Hall–Kier alpha value is -2.07. The van der Waals surface area contributed by atoms with Gasteiger partial charge in [0.05, 0.1) is 23.3 Å². The molecular formula is C17H19N3O2S. The highest BCUT2D eigenvalue weighted by Gasteiger charge is 2.19. The quantitative estimate of drug-likeness (QED) is 0.757. The molecule has 0 aliphatic carbocycles. The van der Waals surface area contributed by atoms with Crippen LogP contribution < -0.4 is 10.5 Å². The van der Waals surface area contributed by atoms with E-state index >= 15 is 0 Å². The van der Waals surface area contributed by atoms with Crippen molar-refractivity contribution in [3.8, 4) is 11.9 Å². The van der Waals surface area contributed by atoms with Gasteiger partial charge in [0.15, 0.2) is 0 Å². The molecule has 0 amide bonds. The van der Waals surface area contributed by atoms with Gasteiger partial charge in [-0.15, -0.1) is 11.8 Å². The van der Waals surface area contributed by atoms with Gasteiger partial charge in [0.1, 0.15) is 6.07 Å². The fourth-order valence-electron chi connectivity index (χ4n) is 2.08. The van der Waals surface area contributed by atoms with Gasteiger partial charge in [0.2, 0.25) is 5.88 Å². The van der Waals surface area contributed by atoms with Gasteiger partial charge in [0.25, 0.3) is 0 Å². The van der Waals surface area contributed by atoms with Gasteiger partial charge in [0, 0.05) is 28.5 Å². The zero-order valence-corrected chi connectivity index (χ0v) is 13.2. The highest BCUT2D eigenvalue weighted by molar-refractivity contribution is 7.99. The van der Waals surface area contributed by atoms with E-state index in [4.69, 9.17) is 14.6 Å². The van der Waals surface area contributed by atoms with Gasteiger partial charge in [-0.1, -0.05) is 30.3 Å². The molecule has 0 unspecified atom stereocenters. The van der Waals surface area contributed by atoms with Crippen LogP contribution in [0.3, 0.4) is 0 Å². The number of pyridine rings is 1. The Morgan fingerprint density at radius 1 is 1.48 bits per heavy atom. The number of nitrogens with two attached hydrogens (primary N) is 1. The maximum Gasteiger partial charge on any atom is 0.214 e. The van der Waals surface area contributed by atoms with Crippen molar-refractivity contribution in [2.75, 3.05) is 13.6 Å². The predicted molar refractivity (Wildman–Crippen MR) is 90.2 cm³/mol. The number of aromatic nitrogens is 1. The zero-order valence-electron chi connectivity index (χ0n) is 15.3. The number of rotatable bonds is 7. The molecule has 0 saturated heterocycles. The summed E-state index contributed by atoms with van der Waals surface area (Å²) in [6, 6.07) is 12.6. The van der Waals surface area contributed by atoms with E-state index in [0.29, 0.717) is 16.9 Å². The molecule has 0 aliphatic heterocycles. The molecule has 0 radical (unpaired) electrons. The average molecular weight is 332 g/mol. The molecule has 0 bridgehead atoms. The number of hydrogen-bond donors (Lipinski definition) is 2. The molecule has 23 heavy (non-hydrogen) atoms. The number of nitrogens with zero attached hydrogens (tertiary/aromatic N) is 2. The van der Waals surface area contributed by atoms with E-state index in [2.05, 4.69) is 4.98 Å². The fraction of sp³-hybridized carbons (Fsp3) is 0.294. The van der Waals surface area contributed by atoms with Crippen LogP contribution in [0.15, 0.2) is 47.5 Å². The lowest BCUT2D eigenvalue weighted by atomic mass is 10.1. The minimum absolute atomic E-state index is 0.0789. The lowest BCUT2D eigenvalue weighted by Gasteiger charge is -2.20. The molecule has 2 rings (SSSR count). The third-order valence-electron chi connectivity index (χ3n) is 3.26. The number of methoxy groups -OCH3 is 1. The molecule has 2 atom stereocenters. The van der Waals surface area contributed by atoms with Gasteiger partial charge in [-0.25, -0.2) is 4.98 Å². The van der Waals surface area contributed by atoms with Crippen LogP contribution in [0, 0.1) is 11.3 Å². The summed E-state index contributed by atoms with van der Waals surface area (Å²) in [5.41, 5.74) is 7.21. The minimum atomic E-state index is -2.62. The number of benzene rings is 1. The van der Waals surface area contributed by atoms with Crippen molar-refractivity contribution in [3.05, 3.63) is 53.7 Å². The number of thioether (sulfide) groups is 1.